The minimum Gasteiger partial charge on any atom is -0.457 e. The van der Waals surface area contributed by atoms with E-state index in [0.29, 0.717) is 45.4 Å². The summed E-state index contributed by atoms with van der Waals surface area (Å²) in [5.74, 6) is 1.25. The van der Waals surface area contributed by atoms with Gasteiger partial charge in [-0.1, -0.05) is 23.8 Å². The Morgan fingerprint density at radius 2 is 1.44 bits per heavy atom. The van der Waals surface area contributed by atoms with Crippen LogP contribution in [-0.4, -0.2) is 16.7 Å². The van der Waals surface area contributed by atoms with Crippen LogP contribution >= 0.6 is 0 Å². The fraction of sp³-hybridized carbons (Fsp3) is 0.107. The van der Waals surface area contributed by atoms with E-state index < -0.39 is 5.91 Å². The lowest BCUT2D eigenvalue weighted by Crippen LogP contribution is -2.11. The number of ether oxygens (including phenoxy) is 2. The maximum absolute atomic E-state index is 12.1. The lowest BCUT2D eigenvalue weighted by Gasteiger charge is -2.17. The molecule has 1 aromatic heterocycles. The van der Waals surface area contributed by atoms with Crippen molar-refractivity contribution in [3.63, 3.8) is 0 Å². The Hall–Kier alpha value is -4.45. The SMILES string of the molecule is CC(=O)c1ccc(Oc2ccc(C)cn2)c(-c2ccc(C(N)=O)cc2Oc2ccc(C)cc2)c1. The van der Waals surface area contributed by atoms with Crippen molar-refractivity contribution in [3.8, 4) is 34.3 Å². The van der Waals surface area contributed by atoms with E-state index in [9.17, 15) is 9.59 Å². The first-order valence-electron chi connectivity index (χ1n) is 10.7. The third-order valence-corrected chi connectivity index (χ3v) is 5.29. The van der Waals surface area contributed by atoms with Crippen LogP contribution in [0.15, 0.2) is 79.0 Å². The van der Waals surface area contributed by atoms with Gasteiger partial charge < -0.3 is 15.2 Å². The number of aromatic nitrogens is 1. The predicted molar refractivity (Wildman–Crippen MR) is 131 cm³/mol. The number of hydrogen-bond donors (Lipinski definition) is 1. The number of benzene rings is 3. The van der Waals surface area contributed by atoms with Gasteiger partial charge in [0.25, 0.3) is 0 Å². The molecule has 0 aliphatic rings. The van der Waals surface area contributed by atoms with Gasteiger partial charge in [-0.05, 0) is 74.9 Å². The molecule has 1 heterocycles. The van der Waals surface area contributed by atoms with Crippen LogP contribution in [0.1, 0.15) is 38.8 Å². The van der Waals surface area contributed by atoms with E-state index in [2.05, 4.69) is 4.98 Å². The summed E-state index contributed by atoms with van der Waals surface area (Å²) in [6, 6.07) is 21.3. The van der Waals surface area contributed by atoms with Gasteiger partial charge in [0.15, 0.2) is 5.78 Å². The summed E-state index contributed by atoms with van der Waals surface area (Å²) in [6.07, 6.45) is 1.71. The molecule has 0 atom stereocenters. The molecule has 0 radical (unpaired) electrons. The minimum absolute atomic E-state index is 0.0870. The molecule has 0 fully saturated rings. The number of hydrogen-bond acceptors (Lipinski definition) is 5. The van der Waals surface area contributed by atoms with E-state index in [1.165, 1.54) is 6.92 Å². The Labute approximate surface area is 198 Å². The number of rotatable bonds is 7. The number of pyridine rings is 1. The van der Waals surface area contributed by atoms with Gasteiger partial charge in [0.1, 0.15) is 17.2 Å². The number of Topliss-reactive ketones (excluding diaryl/α,β-unsaturated/α-hetero) is 1. The molecule has 2 N–H and O–H groups in total. The molecule has 34 heavy (non-hydrogen) atoms. The van der Waals surface area contributed by atoms with Crippen molar-refractivity contribution in [2.75, 3.05) is 0 Å². The highest BCUT2D eigenvalue weighted by atomic mass is 16.5. The summed E-state index contributed by atoms with van der Waals surface area (Å²) in [7, 11) is 0. The molecule has 0 saturated heterocycles. The second kappa shape index (κ2) is 9.58. The van der Waals surface area contributed by atoms with Crippen LogP contribution in [-0.2, 0) is 0 Å². The van der Waals surface area contributed by atoms with Crippen molar-refractivity contribution in [3.05, 3.63) is 101 Å². The van der Waals surface area contributed by atoms with Gasteiger partial charge in [-0.2, -0.15) is 0 Å². The van der Waals surface area contributed by atoms with Crippen molar-refractivity contribution in [2.45, 2.75) is 20.8 Å². The number of ketones is 1. The predicted octanol–water partition coefficient (Wildman–Crippen LogP) is 6.25. The van der Waals surface area contributed by atoms with Crippen molar-refractivity contribution in [1.29, 1.82) is 0 Å². The molecule has 0 unspecified atom stereocenters. The number of primary amides is 1. The second-order valence-corrected chi connectivity index (χ2v) is 8.03. The van der Waals surface area contributed by atoms with Crippen LogP contribution in [0.3, 0.4) is 0 Å². The number of carbonyl (C=O) groups excluding carboxylic acids is 2. The maximum atomic E-state index is 12.1. The normalized spacial score (nSPS) is 10.6. The van der Waals surface area contributed by atoms with Crippen LogP contribution < -0.4 is 15.2 Å². The molecule has 4 aromatic rings. The zero-order valence-electron chi connectivity index (χ0n) is 19.2. The Bertz CT molecular complexity index is 1360. The molecule has 3 aromatic carbocycles. The Morgan fingerprint density at radius 3 is 2.09 bits per heavy atom. The Morgan fingerprint density at radius 1 is 0.735 bits per heavy atom. The third-order valence-electron chi connectivity index (χ3n) is 5.29. The largest absolute Gasteiger partial charge is 0.457 e. The van der Waals surface area contributed by atoms with Gasteiger partial charge >= 0.3 is 0 Å². The first kappa shape index (κ1) is 22.7. The van der Waals surface area contributed by atoms with Gasteiger partial charge in [0, 0.05) is 34.5 Å². The van der Waals surface area contributed by atoms with E-state index in [0.717, 1.165) is 11.1 Å². The molecule has 0 spiro atoms. The van der Waals surface area contributed by atoms with Crippen LogP contribution in [0.4, 0.5) is 0 Å². The first-order valence-corrected chi connectivity index (χ1v) is 10.7. The van der Waals surface area contributed by atoms with E-state index in [1.807, 2.05) is 44.2 Å². The number of aryl methyl sites for hydroxylation is 2. The summed E-state index contributed by atoms with van der Waals surface area (Å²) >= 11 is 0. The zero-order valence-corrected chi connectivity index (χ0v) is 19.2. The summed E-state index contributed by atoms with van der Waals surface area (Å²) in [6.45, 7) is 5.43. The monoisotopic (exact) mass is 452 g/mol. The molecule has 6 nitrogen and oxygen atoms in total. The molecule has 6 heteroatoms. The number of carbonyl (C=O) groups is 2. The topological polar surface area (TPSA) is 91.5 Å². The second-order valence-electron chi connectivity index (χ2n) is 8.03. The minimum atomic E-state index is -0.571. The fourth-order valence-electron chi connectivity index (χ4n) is 3.39. The van der Waals surface area contributed by atoms with Gasteiger partial charge in [-0.25, -0.2) is 4.98 Å². The molecule has 0 bridgehead atoms. The summed E-state index contributed by atoms with van der Waals surface area (Å²) in [4.78, 5) is 28.3. The molecule has 1 amide bonds. The van der Waals surface area contributed by atoms with E-state index in [1.54, 1.807) is 48.7 Å². The smallest absolute Gasteiger partial charge is 0.248 e. The quantitative estimate of drug-likeness (QED) is 0.335. The van der Waals surface area contributed by atoms with E-state index in [-0.39, 0.29) is 5.78 Å². The van der Waals surface area contributed by atoms with Crippen LogP contribution in [0.2, 0.25) is 0 Å². The highest BCUT2D eigenvalue weighted by Crippen LogP contribution is 2.41. The molecule has 0 aliphatic heterocycles. The van der Waals surface area contributed by atoms with Crippen molar-refractivity contribution >= 4 is 11.7 Å². The standard InChI is InChI=1S/C28H24N2O4/c1-17-4-9-22(10-5-17)33-26-15-21(28(29)32)7-11-23(26)24-14-20(19(3)31)8-12-25(24)34-27-13-6-18(2)16-30-27/h4-16H,1-3H3,(H2,29,32). The third kappa shape index (κ3) is 5.13. The number of nitrogens with two attached hydrogens (primary N) is 1. The van der Waals surface area contributed by atoms with Crippen LogP contribution in [0.25, 0.3) is 11.1 Å². The summed E-state index contributed by atoms with van der Waals surface area (Å²) in [5, 5.41) is 0. The highest BCUT2D eigenvalue weighted by Gasteiger charge is 2.18. The van der Waals surface area contributed by atoms with Crippen LogP contribution in [0.5, 0.6) is 23.1 Å². The maximum Gasteiger partial charge on any atom is 0.248 e. The lowest BCUT2D eigenvalue weighted by atomic mass is 9.98. The fourth-order valence-corrected chi connectivity index (χ4v) is 3.39. The van der Waals surface area contributed by atoms with Crippen molar-refractivity contribution in [1.82, 2.24) is 4.98 Å². The van der Waals surface area contributed by atoms with Gasteiger partial charge in [-0.3, -0.25) is 9.59 Å². The summed E-state index contributed by atoms with van der Waals surface area (Å²) < 4.78 is 12.2. The first-order chi connectivity index (χ1) is 16.3. The molecule has 4 rings (SSSR count). The lowest BCUT2D eigenvalue weighted by molar-refractivity contribution is 0.0996. The van der Waals surface area contributed by atoms with Gasteiger partial charge in [0.05, 0.1) is 0 Å². The van der Waals surface area contributed by atoms with E-state index >= 15 is 0 Å². The van der Waals surface area contributed by atoms with E-state index in [4.69, 9.17) is 15.2 Å². The Balaban J connectivity index is 1.86. The van der Waals surface area contributed by atoms with Crippen molar-refractivity contribution in [2.24, 2.45) is 5.73 Å². The zero-order chi connectivity index (χ0) is 24.2. The van der Waals surface area contributed by atoms with Crippen molar-refractivity contribution < 1.29 is 19.1 Å². The number of amides is 1. The van der Waals surface area contributed by atoms with Gasteiger partial charge in [0.2, 0.25) is 11.8 Å². The summed E-state index contributed by atoms with van der Waals surface area (Å²) in [5.41, 5.74) is 9.69. The number of nitrogens with zero attached hydrogens (tertiary/aromatic N) is 1. The Kier molecular flexibility index (Phi) is 6.41. The molecule has 170 valence electrons. The molecular weight excluding hydrogens is 428 g/mol. The average Bonchev–Trinajstić information content (AvgIpc) is 2.82. The molecular formula is C28H24N2O4. The van der Waals surface area contributed by atoms with Gasteiger partial charge in [-0.15, -0.1) is 0 Å². The average molecular weight is 453 g/mol. The van der Waals surface area contributed by atoms with Crippen LogP contribution in [0, 0.1) is 13.8 Å². The highest BCUT2D eigenvalue weighted by molar-refractivity contribution is 5.97. The molecule has 0 aliphatic carbocycles. The molecule has 0 saturated carbocycles.